The maximum atomic E-state index is 13.5. The van der Waals surface area contributed by atoms with Crippen LogP contribution in [-0.2, 0) is 25.4 Å². The number of nitrogens with one attached hydrogen (secondary N) is 1. The number of benzene rings is 2. The molecule has 0 saturated heterocycles. The van der Waals surface area contributed by atoms with E-state index in [1.807, 2.05) is 48.7 Å². The van der Waals surface area contributed by atoms with Crippen molar-refractivity contribution in [3.8, 4) is 17.0 Å². The van der Waals surface area contributed by atoms with Crippen molar-refractivity contribution in [1.82, 2.24) is 18.7 Å². The fraction of sp³-hybridized carbons (Fsp3) is 0.231. The molecule has 4 heterocycles. The van der Waals surface area contributed by atoms with Gasteiger partial charge in [0.05, 0.1) is 36.0 Å². The van der Waals surface area contributed by atoms with Crippen LogP contribution in [0, 0.1) is 0 Å². The minimum atomic E-state index is -0.433. The number of aromatic amines is 1. The average Bonchev–Trinajstić information content (AvgIpc) is 3.46. The monoisotopic (exact) mass is 456 g/mol. The molecule has 0 spiro atoms. The molecule has 172 valence electrons. The van der Waals surface area contributed by atoms with Crippen molar-refractivity contribution in [3.05, 3.63) is 86.8 Å². The molecule has 0 radical (unpaired) electrons. The number of rotatable bonds is 3. The molecule has 6 rings (SSSR count). The fourth-order valence-corrected chi connectivity index (χ4v) is 5.18. The van der Waals surface area contributed by atoms with Gasteiger partial charge in [-0.1, -0.05) is 18.2 Å². The number of nitrogens with zero attached hydrogens (tertiary/aromatic N) is 3. The SMILES string of the molecule is COc1ccc(-c2c3c(=O)n(C)c(=O)n(C)c3c3n2CCO[C@@H]3c2c[nH]c3ccccc23)cc1. The Labute approximate surface area is 194 Å². The minimum absolute atomic E-state index is 0.316. The summed E-state index contributed by atoms with van der Waals surface area (Å²) in [6.45, 7) is 1.05. The van der Waals surface area contributed by atoms with Crippen molar-refractivity contribution >= 4 is 21.8 Å². The number of ether oxygens (including phenoxy) is 2. The first-order chi connectivity index (χ1) is 16.5. The van der Waals surface area contributed by atoms with Crippen LogP contribution in [-0.4, -0.2) is 32.4 Å². The summed E-state index contributed by atoms with van der Waals surface area (Å²) in [5, 5.41) is 1.57. The van der Waals surface area contributed by atoms with E-state index in [4.69, 9.17) is 9.47 Å². The van der Waals surface area contributed by atoms with Crippen LogP contribution in [0.5, 0.6) is 5.75 Å². The molecule has 1 atom stereocenters. The number of aromatic nitrogens is 4. The molecule has 3 aromatic heterocycles. The molecule has 8 heteroatoms. The zero-order chi connectivity index (χ0) is 23.6. The van der Waals surface area contributed by atoms with Crippen molar-refractivity contribution in [2.45, 2.75) is 12.6 Å². The summed E-state index contributed by atoms with van der Waals surface area (Å²) in [4.78, 5) is 29.8. The Morgan fingerprint density at radius 1 is 1.03 bits per heavy atom. The van der Waals surface area contributed by atoms with Crippen molar-refractivity contribution in [1.29, 1.82) is 0 Å². The van der Waals surface area contributed by atoms with Crippen molar-refractivity contribution in [3.63, 3.8) is 0 Å². The quantitative estimate of drug-likeness (QED) is 0.452. The Kier molecular flexibility index (Phi) is 4.53. The van der Waals surface area contributed by atoms with Gasteiger partial charge < -0.3 is 19.0 Å². The second-order valence-electron chi connectivity index (χ2n) is 8.58. The van der Waals surface area contributed by atoms with Crippen LogP contribution >= 0.6 is 0 Å². The van der Waals surface area contributed by atoms with Gasteiger partial charge in [0, 0.05) is 43.3 Å². The molecule has 34 heavy (non-hydrogen) atoms. The van der Waals surface area contributed by atoms with Gasteiger partial charge in [-0.3, -0.25) is 13.9 Å². The van der Waals surface area contributed by atoms with Crippen LogP contribution in [0.4, 0.5) is 0 Å². The molecule has 2 aromatic carbocycles. The summed E-state index contributed by atoms with van der Waals surface area (Å²) in [6.07, 6.45) is 1.52. The number of hydrogen-bond acceptors (Lipinski definition) is 4. The third-order valence-electron chi connectivity index (χ3n) is 6.82. The van der Waals surface area contributed by atoms with Crippen LogP contribution in [0.1, 0.15) is 17.4 Å². The highest BCUT2D eigenvalue weighted by Gasteiger charge is 2.34. The lowest BCUT2D eigenvalue weighted by atomic mass is 10.0. The normalized spacial score (nSPS) is 15.7. The number of methoxy groups -OCH3 is 1. The van der Waals surface area contributed by atoms with E-state index < -0.39 is 6.10 Å². The van der Waals surface area contributed by atoms with E-state index in [1.54, 1.807) is 18.7 Å². The van der Waals surface area contributed by atoms with Gasteiger partial charge in [0.1, 0.15) is 11.9 Å². The van der Waals surface area contributed by atoms with Crippen molar-refractivity contribution < 1.29 is 9.47 Å². The van der Waals surface area contributed by atoms with Gasteiger partial charge in [0.15, 0.2) is 0 Å². The van der Waals surface area contributed by atoms with Crippen LogP contribution < -0.4 is 16.0 Å². The predicted molar refractivity (Wildman–Crippen MR) is 131 cm³/mol. The highest BCUT2D eigenvalue weighted by Crippen LogP contribution is 2.42. The Morgan fingerprint density at radius 2 is 1.79 bits per heavy atom. The first-order valence-corrected chi connectivity index (χ1v) is 11.2. The standard InChI is InChI=1S/C26H24N4O4/c1-28-22-20(25(31)29(2)26(28)32)21(15-8-10-16(33-3)11-9-15)30-12-13-34-24(23(22)30)18-14-27-19-7-5-4-6-17(18)19/h4-11,14,24,27H,12-13H2,1-3H3/t24-/m1/s1. The Balaban J connectivity index is 1.74. The maximum Gasteiger partial charge on any atom is 0.331 e. The molecule has 1 aliphatic rings. The van der Waals surface area contributed by atoms with E-state index in [-0.39, 0.29) is 11.2 Å². The van der Waals surface area contributed by atoms with E-state index in [9.17, 15) is 9.59 Å². The van der Waals surface area contributed by atoms with Crippen LogP contribution in [0.15, 0.2) is 64.3 Å². The van der Waals surface area contributed by atoms with E-state index in [0.717, 1.165) is 39.2 Å². The van der Waals surface area contributed by atoms with Gasteiger partial charge in [0.25, 0.3) is 5.56 Å². The smallest absolute Gasteiger partial charge is 0.331 e. The zero-order valence-electron chi connectivity index (χ0n) is 19.2. The first-order valence-electron chi connectivity index (χ1n) is 11.2. The molecule has 0 aliphatic carbocycles. The molecule has 0 saturated carbocycles. The Bertz CT molecular complexity index is 1680. The fourth-order valence-electron chi connectivity index (χ4n) is 5.18. The van der Waals surface area contributed by atoms with E-state index in [1.165, 1.54) is 11.6 Å². The minimum Gasteiger partial charge on any atom is -0.497 e. The number of hydrogen-bond donors (Lipinski definition) is 1. The average molecular weight is 457 g/mol. The van der Waals surface area contributed by atoms with Crippen molar-refractivity contribution in [2.24, 2.45) is 14.1 Å². The molecule has 0 amide bonds. The maximum absolute atomic E-state index is 13.5. The molecular formula is C26H24N4O4. The number of aryl methyl sites for hydroxylation is 1. The topological polar surface area (TPSA) is 83.2 Å². The molecule has 0 unspecified atom stereocenters. The van der Waals surface area contributed by atoms with Crippen LogP contribution in [0.25, 0.3) is 33.1 Å². The number of H-pyrrole nitrogens is 1. The first kappa shape index (κ1) is 20.6. The molecule has 8 nitrogen and oxygen atoms in total. The molecule has 5 aromatic rings. The van der Waals surface area contributed by atoms with Crippen molar-refractivity contribution in [2.75, 3.05) is 13.7 Å². The summed E-state index contributed by atoms with van der Waals surface area (Å²) >= 11 is 0. The lowest BCUT2D eigenvalue weighted by molar-refractivity contribution is 0.0487. The Hall–Kier alpha value is -4.04. The predicted octanol–water partition coefficient (Wildman–Crippen LogP) is 3.32. The zero-order valence-corrected chi connectivity index (χ0v) is 19.2. The van der Waals surface area contributed by atoms with E-state index >= 15 is 0 Å². The van der Waals surface area contributed by atoms with E-state index in [0.29, 0.717) is 24.1 Å². The summed E-state index contributed by atoms with van der Waals surface area (Å²) in [5.41, 5.74) is 4.39. The second kappa shape index (κ2) is 7.50. The third kappa shape index (κ3) is 2.75. The van der Waals surface area contributed by atoms with E-state index in [2.05, 4.69) is 15.6 Å². The lowest BCUT2D eigenvalue weighted by Crippen LogP contribution is -2.37. The number of para-hydroxylation sites is 1. The Morgan fingerprint density at radius 3 is 2.56 bits per heavy atom. The lowest BCUT2D eigenvalue weighted by Gasteiger charge is -2.27. The molecule has 1 aliphatic heterocycles. The summed E-state index contributed by atoms with van der Waals surface area (Å²) < 4.78 is 16.5. The third-order valence-corrected chi connectivity index (χ3v) is 6.82. The summed E-state index contributed by atoms with van der Waals surface area (Å²) in [6, 6.07) is 15.7. The van der Waals surface area contributed by atoms with Crippen LogP contribution in [0.2, 0.25) is 0 Å². The second-order valence-corrected chi connectivity index (χ2v) is 8.58. The van der Waals surface area contributed by atoms with Gasteiger partial charge >= 0.3 is 5.69 Å². The summed E-state index contributed by atoms with van der Waals surface area (Å²) in [5.74, 6) is 0.735. The molecular weight excluding hydrogens is 432 g/mol. The molecule has 1 N–H and O–H groups in total. The highest BCUT2D eigenvalue weighted by molar-refractivity contribution is 5.97. The van der Waals surface area contributed by atoms with Gasteiger partial charge in [-0.05, 0) is 35.9 Å². The number of fused-ring (bicyclic) bond motifs is 4. The molecule has 0 fully saturated rings. The van der Waals surface area contributed by atoms with Gasteiger partial charge in [0.2, 0.25) is 0 Å². The highest BCUT2D eigenvalue weighted by atomic mass is 16.5. The van der Waals surface area contributed by atoms with Gasteiger partial charge in [-0.2, -0.15) is 0 Å². The molecule has 0 bridgehead atoms. The van der Waals surface area contributed by atoms with Crippen LogP contribution in [0.3, 0.4) is 0 Å². The summed E-state index contributed by atoms with van der Waals surface area (Å²) in [7, 11) is 4.86. The van der Waals surface area contributed by atoms with Gasteiger partial charge in [-0.25, -0.2) is 4.79 Å². The van der Waals surface area contributed by atoms with Gasteiger partial charge in [-0.15, -0.1) is 0 Å². The largest absolute Gasteiger partial charge is 0.497 e.